The number of hydrazone groups is 1. The van der Waals surface area contributed by atoms with E-state index in [2.05, 4.69) is 10.4 Å². The van der Waals surface area contributed by atoms with Crippen molar-refractivity contribution in [2.45, 2.75) is 46.4 Å². The van der Waals surface area contributed by atoms with Crippen molar-refractivity contribution in [1.29, 1.82) is 0 Å². The van der Waals surface area contributed by atoms with Crippen molar-refractivity contribution in [3.8, 4) is 0 Å². The van der Waals surface area contributed by atoms with Gasteiger partial charge in [0.25, 0.3) is 5.91 Å². The smallest absolute Gasteiger partial charge is 0.270 e. The Morgan fingerprint density at radius 2 is 1.93 bits per heavy atom. The summed E-state index contributed by atoms with van der Waals surface area (Å²) in [6, 6.07) is 3.97. The standard InChI is InChI=1S/C19H24N4O3S/c1-10(2)9-22-16-12(4)7-11(3)8-15(16)19(17(22)26)23(14(6)25)21-18(27-19)20-13(5)24/h7-8,10H,9H2,1-6H3,(H,20,21,24). The highest BCUT2D eigenvalue weighted by molar-refractivity contribution is 8.15. The molecular formula is C19H24N4O3S. The summed E-state index contributed by atoms with van der Waals surface area (Å²) >= 11 is 1.12. The van der Waals surface area contributed by atoms with Gasteiger partial charge in [0.05, 0.1) is 5.69 Å². The third kappa shape index (κ3) is 3.01. The number of fused-ring (bicyclic) bond motifs is 2. The maximum Gasteiger partial charge on any atom is 0.270 e. The van der Waals surface area contributed by atoms with Gasteiger partial charge in [-0.2, -0.15) is 5.01 Å². The predicted molar refractivity (Wildman–Crippen MR) is 106 cm³/mol. The molecule has 1 aromatic carbocycles. The zero-order chi connectivity index (χ0) is 20.1. The van der Waals surface area contributed by atoms with Gasteiger partial charge in [0.2, 0.25) is 16.7 Å². The topological polar surface area (TPSA) is 82.1 Å². The molecule has 0 fully saturated rings. The first kappa shape index (κ1) is 19.4. The fourth-order valence-electron chi connectivity index (χ4n) is 3.68. The van der Waals surface area contributed by atoms with Gasteiger partial charge in [-0.15, -0.1) is 5.10 Å². The summed E-state index contributed by atoms with van der Waals surface area (Å²) in [5.74, 6) is -0.602. The van der Waals surface area contributed by atoms with Gasteiger partial charge in [0.15, 0.2) is 5.17 Å². The molecular weight excluding hydrogens is 364 g/mol. The van der Waals surface area contributed by atoms with E-state index >= 15 is 0 Å². The molecule has 0 radical (unpaired) electrons. The molecule has 144 valence electrons. The van der Waals surface area contributed by atoms with Crippen molar-refractivity contribution in [3.63, 3.8) is 0 Å². The summed E-state index contributed by atoms with van der Waals surface area (Å²) in [5, 5.41) is 8.36. The van der Waals surface area contributed by atoms with Crippen LogP contribution < -0.4 is 10.2 Å². The van der Waals surface area contributed by atoms with E-state index in [0.29, 0.717) is 6.54 Å². The second-order valence-corrected chi connectivity index (χ2v) is 8.63. The van der Waals surface area contributed by atoms with Crippen LogP contribution >= 0.6 is 11.8 Å². The SMILES string of the molecule is CC(=O)NC1=NN(C(C)=O)C2(S1)C(=O)N(CC(C)C)c1c(C)cc(C)cc12. The third-order valence-electron chi connectivity index (χ3n) is 4.48. The Labute approximate surface area is 163 Å². The van der Waals surface area contributed by atoms with Crippen molar-refractivity contribution in [2.75, 3.05) is 11.4 Å². The maximum atomic E-state index is 13.7. The number of aryl methyl sites for hydroxylation is 2. The van der Waals surface area contributed by atoms with Crippen LogP contribution in [0.2, 0.25) is 0 Å². The average Bonchev–Trinajstić information content (AvgIpc) is 3.00. The van der Waals surface area contributed by atoms with Crippen LogP contribution in [0.4, 0.5) is 5.69 Å². The highest BCUT2D eigenvalue weighted by atomic mass is 32.2. The number of carbonyl (C=O) groups is 3. The Morgan fingerprint density at radius 1 is 1.26 bits per heavy atom. The van der Waals surface area contributed by atoms with Gasteiger partial charge >= 0.3 is 0 Å². The molecule has 0 aliphatic carbocycles. The highest BCUT2D eigenvalue weighted by Crippen LogP contribution is 2.55. The van der Waals surface area contributed by atoms with E-state index in [1.807, 2.05) is 39.8 Å². The number of rotatable bonds is 2. The van der Waals surface area contributed by atoms with E-state index in [1.54, 1.807) is 4.90 Å². The Balaban J connectivity index is 2.22. The molecule has 1 N–H and O–H groups in total. The molecule has 1 atom stereocenters. The second-order valence-electron chi connectivity index (χ2n) is 7.45. The fraction of sp³-hybridized carbons (Fsp3) is 0.474. The minimum absolute atomic E-state index is 0.204. The monoisotopic (exact) mass is 388 g/mol. The number of amidine groups is 1. The molecule has 8 heteroatoms. The van der Waals surface area contributed by atoms with Crippen molar-refractivity contribution in [3.05, 3.63) is 28.8 Å². The number of anilines is 1. The van der Waals surface area contributed by atoms with E-state index in [1.165, 1.54) is 18.9 Å². The molecule has 0 saturated heterocycles. The van der Waals surface area contributed by atoms with Gasteiger partial charge in [-0.3, -0.25) is 14.4 Å². The molecule has 0 saturated carbocycles. The first-order chi connectivity index (χ1) is 12.6. The Kier molecular flexibility index (Phi) is 4.80. The summed E-state index contributed by atoms with van der Waals surface area (Å²) in [4.78, 5) is 38.0. The van der Waals surface area contributed by atoms with Crippen LogP contribution in [0.15, 0.2) is 17.2 Å². The lowest BCUT2D eigenvalue weighted by Crippen LogP contribution is -2.49. The molecule has 1 spiro atoms. The Morgan fingerprint density at radius 3 is 2.48 bits per heavy atom. The quantitative estimate of drug-likeness (QED) is 0.844. The van der Waals surface area contributed by atoms with E-state index in [-0.39, 0.29) is 28.8 Å². The maximum absolute atomic E-state index is 13.7. The van der Waals surface area contributed by atoms with Crippen LogP contribution in [0.1, 0.15) is 44.4 Å². The molecule has 3 amide bonds. The average molecular weight is 388 g/mol. The van der Waals surface area contributed by atoms with Crippen LogP contribution in [0, 0.1) is 19.8 Å². The largest absolute Gasteiger partial charge is 0.308 e. The van der Waals surface area contributed by atoms with Crippen molar-refractivity contribution >= 4 is 40.3 Å². The van der Waals surface area contributed by atoms with Crippen LogP contribution in [0.5, 0.6) is 0 Å². The Hall–Kier alpha value is -2.35. The lowest BCUT2D eigenvalue weighted by Gasteiger charge is -2.30. The number of nitrogens with zero attached hydrogens (tertiary/aromatic N) is 3. The summed E-state index contributed by atoms with van der Waals surface area (Å²) in [6.07, 6.45) is 0. The van der Waals surface area contributed by atoms with Crippen LogP contribution in [-0.2, 0) is 19.3 Å². The first-order valence-electron chi connectivity index (χ1n) is 8.87. The van der Waals surface area contributed by atoms with Gasteiger partial charge in [-0.1, -0.05) is 31.5 Å². The summed E-state index contributed by atoms with van der Waals surface area (Å²) in [6.45, 7) is 11.3. The van der Waals surface area contributed by atoms with Gasteiger partial charge < -0.3 is 10.2 Å². The first-order valence-corrected chi connectivity index (χ1v) is 9.69. The zero-order valence-corrected chi connectivity index (χ0v) is 17.2. The van der Waals surface area contributed by atoms with Gasteiger partial charge in [-0.25, -0.2) is 0 Å². The molecule has 2 heterocycles. The molecule has 1 unspecified atom stereocenters. The number of amides is 3. The predicted octanol–water partition coefficient (Wildman–Crippen LogP) is 2.46. The van der Waals surface area contributed by atoms with Gasteiger partial charge in [-0.05, 0) is 37.1 Å². The van der Waals surface area contributed by atoms with E-state index in [9.17, 15) is 14.4 Å². The van der Waals surface area contributed by atoms with Crippen LogP contribution in [-0.4, -0.2) is 34.4 Å². The number of carbonyl (C=O) groups excluding carboxylic acids is 3. The van der Waals surface area contributed by atoms with E-state index < -0.39 is 4.87 Å². The molecule has 7 nitrogen and oxygen atoms in total. The third-order valence-corrected chi connectivity index (χ3v) is 5.72. The van der Waals surface area contributed by atoms with Gasteiger partial charge in [0.1, 0.15) is 0 Å². The molecule has 2 aliphatic rings. The second kappa shape index (κ2) is 6.67. The normalized spacial score (nSPS) is 21.1. The van der Waals surface area contributed by atoms with Crippen LogP contribution in [0.3, 0.4) is 0 Å². The van der Waals surface area contributed by atoms with Crippen molar-refractivity contribution < 1.29 is 14.4 Å². The van der Waals surface area contributed by atoms with Crippen molar-refractivity contribution in [2.24, 2.45) is 11.0 Å². The minimum Gasteiger partial charge on any atom is -0.308 e. The molecule has 1 aromatic rings. The molecule has 2 aliphatic heterocycles. The number of hydrogen-bond donors (Lipinski definition) is 1. The van der Waals surface area contributed by atoms with Crippen molar-refractivity contribution in [1.82, 2.24) is 10.3 Å². The molecule has 3 rings (SSSR count). The zero-order valence-electron chi connectivity index (χ0n) is 16.4. The number of nitrogens with one attached hydrogen (secondary N) is 1. The lowest BCUT2D eigenvalue weighted by molar-refractivity contribution is -0.139. The van der Waals surface area contributed by atoms with E-state index in [4.69, 9.17) is 0 Å². The Bertz CT molecular complexity index is 880. The summed E-state index contributed by atoms with van der Waals surface area (Å²) in [5.41, 5.74) is 3.56. The molecule has 27 heavy (non-hydrogen) atoms. The molecule has 0 bridgehead atoms. The van der Waals surface area contributed by atoms with Gasteiger partial charge in [0, 0.05) is 26.0 Å². The number of thioether (sulfide) groups is 1. The minimum atomic E-state index is -1.31. The lowest BCUT2D eigenvalue weighted by atomic mass is 10.0. The summed E-state index contributed by atoms with van der Waals surface area (Å²) in [7, 11) is 0. The fourth-order valence-corrected chi connectivity index (χ4v) is 4.99. The summed E-state index contributed by atoms with van der Waals surface area (Å²) < 4.78 is 0. The van der Waals surface area contributed by atoms with Crippen LogP contribution in [0.25, 0.3) is 0 Å². The van der Waals surface area contributed by atoms with E-state index in [0.717, 1.165) is 34.1 Å². The number of benzene rings is 1. The molecule has 0 aromatic heterocycles. The highest BCUT2D eigenvalue weighted by Gasteiger charge is 2.61. The number of hydrogen-bond acceptors (Lipinski definition) is 5.